The van der Waals surface area contributed by atoms with Crippen molar-refractivity contribution in [1.82, 2.24) is 10.1 Å². The number of benzene rings is 2. The van der Waals surface area contributed by atoms with E-state index in [-0.39, 0.29) is 24.0 Å². The van der Waals surface area contributed by atoms with Gasteiger partial charge in [-0.15, -0.1) is 0 Å². The maximum Gasteiger partial charge on any atom is 0.269 e. The van der Waals surface area contributed by atoms with Crippen molar-refractivity contribution in [2.24, 2.45) is 0 Å². The van der Waals surface area contributed by atoms with Gasteiger partial charge in [-0.3, -0.25) is 14.9 Å². The van der Waals surface area contributed by atoms with Gasteiger partial charge in [0.05, 0.1) is 17.2 Å². The maximum atomic E-state index is 13.2. The van der Waals surface area contributed by atoms with E-state index in [2.05, 4.69) is 5.16 Å². The number of halogens is 1. The van der Waals surface area contributed by atoms with Crippen LogP contribution in [0, 0.1) is 15.9 Å². The van der Waals surface area contributed by atoms with Crippen LogP contribution in [-0.4, -0.2) is 34.0 Å². The van der Waals surface area contributed by atoms with Crippen LogP contribution in [0.4, 0.5) is 10.1 Å². The number of nitro groups is 1. The smallest absolute Gasteiger partial charge is 0.269 e. The number of fused-ring (bicyclic) bond motifs is 1. The minimum Gasteiger partial charge on any atom is -0.484 e. The Labute approximate surface area is 164 Å². The number of amides is 1. The number of non-ortho nitro benzene ring substituents is 1. The molecule has 4 rings (SSSR count). The second-order valence-corrected chi connectivity index (χ2v) is 6.55. The van der Waals surface area contributed by atoms with Crippen LogP contribution in [0.25, 0.3) is 11.3 Å². The second-order valence-electron chi connectivity index (χ2n) is 6.55. The van der Waals surface area contributed by atoms with Crippen molar-refractivity contribution < 1.29 is 23.4 Å². The maximum absolute atomic E-state index is 13.2. The Morgan fingerprint density at radius 3 is 2.62 bits per heavy atom. The highest BCUT2D eigenvalue weighted by Crippen LogP contribution is 2.30. The molecule has 3 aromatic rings. The van der Waals surface area contributed by atoms with Gasteiger partial charge < -0.3 is 14.2 Å². The van der Waals surface area contributed by atoms with E-state index < -0.39 is 4.92 Å². The first-order valence-electron chi connectivity index (χ1n) is 8.89. The van der Waals surface area contributed by atoms with Gasteiger partial charge in [-0.1, -0.05) is 5.16 Å². The van der Waals surface area contributed by atoms with E-state index in [0.717, 1.165) is 11.3 Å². The van der Waals surface area contributed by atoms with E-state index in [1.165, 1.54) is 36.4 Å². The van der Waals surface area contributed by atoms with Crippen LogP contribution in [-0.2, 0) is 17.8 Å². The summed E-state index contributed by atoms with van der Waals surface area (Å²) >= 11 is 0. The fourth-order valence-electron chi connectivity index (χ4n) is 3.15. The van der Waals surface area contributed by atoms with E-state index >= 15 is 0 Å². The molecule has 0 radical (unpaired) electrons. The van der Waals surface area contributed by atoms with E-state index in [4.69, 9.17) is 9.26 Å². The first-order chi connectivity index (χ1) is 14.0. The fraction of sp³-hybridized carbons (Fsp3) is 0.200. The molecular weight excluding hydrogens is 381 g/mol. The number of carbonyl (C=O) groups is 1. The standard InChI is InChI=1S/C20H16FN3O5/c21-14-3-1-13(2-4-14)20-17-11-23(10-9-18(17)22-29-20)19(25)12-28-16-7-5-15(6-8-16)24(26)27/h1-8H,9-12H2. The lowest BCUT2D eigenvalue weighted by molar-refractivity contribution is -0.384. The fourth-order valence-corrected chi connectivity index (χ4v) is 3.15. The molecule has 2 aromatic carbocycles. The van der Waals surface area contributed by atoms with Crippen LogP contribution in [0.3, 0.4) is 0 Å². The highest BCUT2D eigenvalue weighted by molar-refractivity contribution is 5.78. The summed E-state index contributed by atoms with van der Waals surface area (Å²) in [4.78, 5) is 24.4. The highest BCUT2D eigenvalue weighted by Gasteiger charge is 2.27. The molecule has 0 aliphatic carbocycles. The van der Waals surface area contributed by atoms with Crippen molar-refractivity contribution in [3.8, 4) is 17.1 Å². The molecule has 0 bridgehead atoms. The second kappa shape index (κ2) is 7.70. The molecule has 148 valence electrons. The molecule has 2 heterocycles. The molecule has 1 aliphatic heterocycles. The topological polar surface area (TPSA) is 98.7 Å². The first-order valence-corrected chi connectivity index (χ1v) is 8.89. The molecule has 0 spiro atoms. The lowest BCUT2D eigenvalue weighted by atomic mass is 10.0. The molecule has 8 nitrogen and oxygen atoms in total. The molecule has 0 saturated heterocycles. The lowest BCUT2D eigenvalue weighted by Crippen LogP contribution is -2.38. The minimum absolute atomic E-state index is 0.0481. The third-order valence-electron chi connectivity index (χ3n) is 4.71. The average molecular weight is 397 g/mol. The van der Waals surface area contributed by atoms with Gasteiger partial charge in [-0.25, -0.2) is 4.39 Å². The zero-order valence-corrected chi connectivity index (χ0v) is 15.2. The summed E-state index contributed by atoms with van der Waals surface area (Å²) in [6.45, 7) is 0.600. The van der Waals surface area contributed by atoms with Gasteiger partial charge >= 0.3 is 0 Å². The van der Waals surface area contributed by atoms with Crippen LogP contribution in [0.15, 0.2) is 53.1 Å². The summed E-state index contributed by atoms with van der Waals surface area (Å²) < 4.78 is 24.1. The Bertz CT molecular complexity index is 1050. The van der Waals surface area contributed by atoms with E-state index in [9.17, 15) is 19.3 Å². The first kappa shape index (κ1) is 18.6. The molecule has 29 heavy (non-hydrogen) atoms. The predicted molar refractivity (Wildman–Crippen MR) is 99.6 cm³/mol. The normalized spacial score (nSPS) is 13.1. The van der Waals surface area contributed by atoms with Gasteiger partial charge in [0.1, 0.15) is 11.6 Å². The van der Waals surface area contributed by atoms with E-state index in [0.29, 0.717) is 36.6 Å². The molecule has 0 saturated carbocycles. The monoisotopic (exact) mass is 397 g/mol. The Hall–Kier alpha value is -3.75. The summed E-state index contributed by atoms with van der Waals surface area (Å²) in [5.41, 5.74) is 2.22. The zero-order chi connectivity index (χ0) is 20.4. The summed E-state index contributed by atoms with van der Waals surface area (Å²) in [6.07, 6.45) is 0.545. The SMILES string of the molecule is O=C(COc1ccc([N+](=O)[O-])cc1)N1CCc2noc(-c3ccc(F)cc3)c2C1. The van der Waals surface area contributed by atoms with Crippen molar-refractivity contribution in [1.29, 1.82) is 0 Å². The van der Waals surface area contributed by atoms with E-state index in [1.807, 2.05) is 0 Å². The molecule has 0 fully saturated rings. The van der Waals surface area contributed by atoms with Crippen LogP contribution >= 0.6 is 0 Å². The summed E-state index contributed by atoms with van der Waals surface area (Å²) in [6, 6.07) is 11.4. The Morgan fingerprint density at radius 1 is 1.21 bits per heavy atom. The molecule has 1 amide bonds. The Kier molecular flexibility index (Phi) is 4.94. The van der Waals surface area contributed by atoms with Gasteiger partial charge in [0.2, 0.25) is 0 Å². The van der Waals surface area contributed by atoms with Crippen molar-refractivity contribution in [3.05, 3.63) is 75.7 Å². The van der Waals surface area contributed by atoms with Crippen LogP contribution in [0.5, 0.6) is 5.75 Å². The van der Waals surface area contributed by atoms with Crippen molar-refractivity contribution >= 4 is 11.6 Å². The Morgan fingerprint density at radius 2 is 1.93 bits per heavy atom. The van der Waals surface area contributed by atoms with Gasteiger partial charge in [-0.05, 0) is 36.4 Å². The predicted octanol–water partition coefficient (Wildman–Crippen LogP) is 3.35. The number of aromatic nitrogens is 1. The molecule has 0 unspecified atom stereocenters. The van der Waals surface area contributed by atoms with Crippen LogP contribution in [0.1, 0.15) is 11.3 Å². The van der Waals surface area contributed by atoms with Gasteiger partial charge in [-0.2, -0.15) is 0 Å². The van der Waals surface area contributed by atoms with Crippen LogP contribution < -0.4 is 4.74 Å². The molecule has 1 aromatic heterocycles. The molecular formula is C20H16FN3O5. The van der Waals surface area contributed by atoms with Gasteiger partial charge in [0, 0.05) is 36.2 Å². The Balaban J connectivity index is 1.42. The average Bonchev–Trinajstić information content (AvgIpc) is 3.16. The van der Waals surface area contributed by atoms with Gasteiger partial charge in [0.15, 0.2) is 12.4 Å². The molecule has 0 N–H and O–H groups in total. The van der Waals surface area contributed by atoms with Crippen molar-refractivity contribution in [3.63, 3.8) is 0 Å². The lowest BCUT2D eigenvalue weighted by Gasteiger charge is -2.26. The number of carbonyl (C=O) groups excluding carboxylic acids is 1. The summed E-state index contributed by atoms with van der Waals surface area (Å²) in [5, 5.41) is 14.8. The van der Waals surface area contributed by atoms with Crippen molar-refractivity contribution in [2.75, 3.05) is 13.2 Å². The van der Waals surface area contributed by atoms with Crippen molar-refractivity contribution in [2.45, 2.75) is 13.0 Å². The zero-order valence-electron chi connectivity index (χ0n) is 15.2. The molecule has 1 aliphatic rings. The highest BCUT2D eigenvalue weighted by atomic mass is 19.1. The van der Waals surface area contributed by atoms with E-state index in [1.54, 1.807) is 17.0 Å². The third kappa shape index (κ3) is 3.93. The third-order valence-corrected chi connectivity index (χ3v) is 4.71. The largest absolute Gasteiger partial charge is 0.484 e. The molecule has 0 atom stereocenters. The number of hydrogen-bond donors (Lipinski definition) is 0. The number of nitrogens with zero attached hydrogens (tertiary/aromatic N) is 3. The number of rotatable bonds is 5. The number of ether oxygens (including phenoxy) is 1. The number of hydrogen-bond acceptors (Lipinski definition) is 6. The van der Waals surface area contributed by atoms with Gasteiger partial charge in [0.25, 0.3) is 11.6 Å². The summed E-state index contributed by atoms with van der Waals surface area (Å²) in [5.74, 6) is 0.329. The minimum atomic E-state index is -0.502. The number of nitro benzene ring substituents is 1. The van der Waals surface area contributed by atoms with Crippen LogP contribution in [0.2, 0.25) is 0 Å². The summed E-state index contributed by atoms with van der Waals surface area (Å²) in [7, 11) is 0. The quantitative estimate of drug-likeness (QED) is 0.484. The molecule has 9 heteroatoms.